The van der Waals surface area contributed by atoms with E-state index in [1.54, 1.807) is 12.4 Å². The van der Waals surface area contributed by atoms with E-state index in [0.717, 1.165) is 5.56 Å². The van der Waals surface area contributed by atoms with Crippen molar-refractivity contribution < 1.29 is 4.42 Å². The van der Waals surface area contributed by atoms with Crippen molar-refractivity contribution in [1.29, 1.82) is 0 Å². The van der Waals surface area contributed by atoms with Gasteiger partial charge in [-0.1, -0.05) is 6.07 Å². The molecule has 0 aromatic carbocycles. The summed E-state index contributed by atoms with van der Waals surface area (Å²) >= 11 is 5.53. The average molecular weight is 210 g/mol. The van der Waals surface area contributed by atoms with Gasteiger partial charge in [0.25, 0.3) is 0 Å². The first-order chi connectivity index (χ1) is 6.88. The number of rotatable bonds is 3. The topological polar surface area (TPSA) is 51.8 Å². The first-order valence-electron chi connectivity index (χ1n) is 4.14. The summed E-state index contributed by atoms with van der Waals surface area (Å²) in [6.07, 6.45) is 4.09. The summed E-state index contributed by atoms with van der Waals surface area (Å²) in [5, 5.41) is 7.62. The minimum atomic E-state index is 0.250. The van der Waals surface area contributed by atoms with E-state index in [1.807, 2.05) is 12.1 Å². The van der Waals surface area contributed by atoms with Crippen LogP contribution in [0.2, 0.25) is 0 Å². The Labute approximate surface area is 85.9 Å². The Morgan fingerprint density at radius 3 is 2.79 bits per heavy atom. The number of alkyl halides is 1. The molecule has 2 rings (SSSR count). The van der Waals surface area contributed by atoms with Crippen LogP contribution >= 0.6 is 11.6 Å². The summed E-state index contributed by atoms with van der Waals surface area (Å²) < 4.78 is 5.25. The summed E-state index contributed by atoms with van der Waals surface area (Å²) in [7, 11) is 0. The minimum Gasteiger partial charge on any atom is -0.424 e. The van der Waals surface area contributed by atoms with Crippen LogP contribution in [-0.2, 0) is 12.3 Å². The largest absolute Gasteiger partial charge is 0.424 e. The molecule has 0 amide bonds. The van der Waals surface area contributed by atoms with Crippen molar-refractivity contribution in [2.45, 2.75) is 12.3 Å². The van der Waals surface area contributed by atoms with E-state index < -0.39 is 0 Å². The molecular formula is C9H8ClN3O. The Kier molecular flexibility index (Phi) is 2.74. The third kappa shape index (κ3) is 2.09. The number of pyridine rings is 1. The molecule has 5 heteroatoms. The number of halogens is 1. The fourth-order valence-electron chi connectivity index (χ4n) is 1.09. The van der Waals surface area contributed by atoms with Crippen LogP contribution < -0.4 is 0 Å². The lowest BCUT2D eigenvalue weighted by molar-refractivity contribution is 0.473. The fraction of sp³-hybridized carbons (Fsp3) is 0.222. The van der Waals surface area contributed by atoms with Crippen LogP contribution in [-0.4, -0.2) is 15.2 Å². The summed E-state index contributed by atoms with van der Waals surface area (Å²) in [6.45, 7) is 0. The van der Waals surface area contributed by atoms with E-state index in [-0.39, 0.29) is 5.88 Å². The third-order valence-electron chi connectivity index (χ3n) is 1.70. The molecule has 0 aliphatic carbocycles. The molecule has 0 aliphatic heterocycles. The average Bonchev–Trinajstić information content (AvgIpc) is 2.67. The van der Waals surface area contributed by atoms with Crippen LogP contribution in [0.3, 0.4) is 0 Å². The molecule has 2 aromatic rings. The fourth-order valence-corrected chi connectivity index (χ4v) is 1.20. The molecule has 0 spiro atoms. The van der Waals surface area contributed by atoms with Crippen molar-refractivity contribution in [3.63, 3.8) is 0 Å². The van der Waals surface area contributed by atoms with Crippen LogP contribution in [0.4, 0.5) is 0 Å². The zero-order valence-electron chi connectivity index (χ0n) is 7.35. The molecule has 0 fully saturated rings. The summed E-state index contributed by atoms with van der Waals surface area (Å²) in [5.41, 5.74) is 1.04. The van der Waals surface area contributed by atoms with Gasteiger partial charge < -0.3 is 4.42 Å². The molecule has 0 unspecified atom stereocenters. The summed E-state index contributed by atoms with van der Waals surface area (Å²) in [6, 6.07) is 3.83. The van der Waals surface area contributed by atoms with Gasteiger partial charge in [0.05, 0.1) is 6.42 Å². The molecule has 0 bridgehead atoms. The number of hydrogen-bond acceptors (Lipinski definition) is 4. The molecule has 2 heterocycles. The highest BCUT2D eigenvalue weighted by Gasteiger charge is 2.05. The molecule has 72 valence electrons. The first kappa shape index (κ1) is 9.15. The zero-order valence-corrected chi connectivity index (χ0v) is 8.11. The van der Waals surface area contributed by atoms with Crippen LogP contribution in [0.1, 0.15) is 17.3 Å². The first-order valence-corrected chi connectivity index (χ1v) is 4.68. The van der Waals surface area contributed by atoms with Gasteiger partial charge in [0, 0.05) is 12.4 Å². The molecule has 2 aromatic heterocycles. The molecule has 14 heavy (non-hydrogen) atoms. The minimum absolute atomic E-state index is 0.250. The Morgan fingerprint density at radius 2 is 2.14 bits per heavy atom. The van der Waals surface area contributed by atoms with E-state index >= 15 is 0 Å². The molecule has 0 atom stereocenters. The Bertz CT molecular complexity index is 401. The second-order valence-corrected chi connectivity index (χ2v) is 3.03. The van der Waals surface area contributed by atoms with Gasteiger partial charge in [0.2, 0.25) is 11.8 Å². The zero-order chi connectivity index (χ0) is 9.80. The second kappa shape index (κ2) is 4.19. The standard InChI is InChI=1S/C9H8ClN3O/c10-5-9-13-12-8(14-9)4-7-2-1-3-11-6-7/h1-3,6H,4-5H2. The highest BCUT2D eigenvalue weighted by atomic mass is 35.5. The van der Waals surface area contributed by atoms with Crippen molar-refractivity contribution in [2.75, 3.05) is 0 Å². The SMILES string of the molecule is ClCc1nnc(Cc2cccnc2)o1. The van der Waals surface area contributed by atoms with E-state index in [2.05, 4.69) is 15.2 Å². The number of aromatic nitrogens is 3. The molecule has 0 radical (unpaired) electrons. The molecule has 4 nitrogen and oxygen atoms in total. The third-order valence-corrected chi connectivity index (χ3v) is 1.93. The lowest BCUT2D eigenvalue weighted by Crippen LogP contribution is -1.88. The van der Waals surface area contributed by atoms with Crippen molar-refractivity contribution >= 4 is 11.6 Å². The van der Waals surface area contributed by atoms with Crippen molar-refractivity contribution in [3.8, 4) is 0 Å². The van der Waals surface area contributed by atoms with Gasteiger partial charge in [-0.15, -0.1) is 21.8 Å². The van der Waals surface area contributed by atoms with E-state index in [1.165, 1.54) is 0 Å². The lowest BCUT2D eigenvalue weighted by Gasteiger charge is -1.93. The van der Waals surface area contributed by atoms with Gasteiger partial charge in [0.1, 0.15) is 5.88 Å². The van der Waals surface area contributed by atoms with Crippen LogP contribution in [0.15, 0.2) is 28.9 Å². The van der Waals surface area contributed by atoms with E-state index in [4.69, 9.17) is 16.0 Å². The second-order valence-electron chi connectivity index (χ2n) is 2.76. The Hall–Kier alpha value is -1.42. The van der Waals surface area contributed by atoms with Crippen molar-refractivity contribution in [3.05, 3.63) is 41.9 Å². The Balaban J connectivity index is 2.11. The van der Waals surface area contributed by atoms with Gasteiger partial charge in [0.15, 0.2) is 0 Å². The van der Waals surface area contributed by atoms with Gasteiger partial charge in [-0.05, 0) is 11.6 Å². The molecular weight excluding hydrogens is 202 g/mol. The predicted molar refractivity (Wildman–Crippen MR) is 50.9 cm³/mol. The molecule has 0 N–H and O–H groups in total. The maximum absolute atomic E-state index is 5.53. The summed E-state index contributed by atoms with van der Waals surface area (Å²) in [4.78, 5) is 3.99. The van der Waals surface area contributed by atoms with Crippen molar-refractivity contribution in [1.82, 2.24) is 15.2 Å². The number of hydrogen-bond donors (Lipinski definition) is 0. The van der Waals surface area contributed by atoms with E-state index in [9.17, 15) is 0 Å². The quantitative estimate of drug-likeness (QED) is 0.724. The normalized spacial score (nSPS) is 10.4. The van der Waals surface area contributed by atoms with Gasteiger partial charge in [-0.2, -0.15) is 0 Å². The van der Waals surface area contributed by atoms with Crippen LogP contribution in [0, 0.1) is 0 Å². The maximum Gasteiger partial charge on any atom is 0.231 e. The smallest absolute Gasteiger partial charge is 0.231 e. The molecule has 0 saturated carbocycles. The number of nitrogens with zero attached hydrogens (tertiary/aromatic N) is 3. The van der Waals surface area contributed by atoms with Crippen molar-refractivity contribution in [2.24, 2.45) is 0 Å². The molecule has 0 saturated heterocycles. The van der Waals surface area contributed by atoms with Gasteiger partial charge >= 0.3 is 0 Å². The maximum atomic E-state index is 5.53. The van der Waals surface area contributed by atoms with Gasteiger partial charge in [-0.25, -0.2) is 0 Å². The van der Waals surface area contributed by atoms with Crippen LogP contribution in [0.5, 0.6) is 0 Å². The highest BCUT2D eigenvalue weighted by Crippen LogP contribution is 2.08. The van der Waals surface area contributed by atoms with Crippen LogP contribution in [0.25, 0.3) is 0 Å². The summed E-state index contributed by atoms with van der Waals surface area (Å²) in [5.74, 6) is 1.26. The highest BCUT2D eigenvalue weighted by molar-refractivity contribution is 6.16. The van der Waals surface area contributed by atoms with E-state index in [0.29, 0.717) is 18.2 Å². The predicted octanol–water partition coefficient (Wildman–Crippen LogP) is 1.79. The lowest BCUT2D eigenvalue weighted by atomic mass is 10.2. The Morgan fingerprint density at radius 1 is 1.29 bits per heavy atom. The van der Waals surface area contributed by atoms with Gasteiger partial charge in [-0.3, -0.25) is 4.98 Å². The monoisotopic (exact) mass is 209 g/mol. The molecule has 0 aliphatic rings.